The van der Waals surface area contributed by atoms with Gasteiger partial charge in [-0.2, -0.15) is 0 Å². The molecule has 1 saturated heterocycles. The zero-order valence-electron chi connectivity index (χ0n) is 17.6. The number of anilines is 1. The lowest BCUT2D eigenvalue weighted by atomic mass is 10.0. The van der Waals surface area contributed by atoms with Crippen LogP contribution in [0.25, 0.3) is 0 Å². The molecule has 0 unspecified atom stereocenters. The Bertz CT molecular complexity index is 975. The average molecular weight is 444 g/mol. The third-order valence-corrected chi connectivity index (χ3v) is 6.13. The number of methoxy groups -OCH3 is 1. The van der Waals surface area contributed by atoms with E-state index in [0.717, 1.165) is 11.3 Å². The fourth-order valence-corrected chi connectivity index (χ4v) is 4.57. The Labute approximate surface area is 186 Å². The van der Waals surface area contributed by atoms with Gasteiger partial charge in [0.25, 0.3) is 5.91 Å². The Morgan fingerprint density at radius 2 is 1.94 bits per heavy atom. The molecule has 2 aromatic rings. The molecule has 2 heterocycles. The van der Waals surface area contributed by atoms with Crippen molar-refractivity contribution >= 4 is 29.3 Å². The number of piperidine rings is 1. The summed E-state index contributed by atoms with van der Waals surface area (Å²) >= 11 is 6.31. The largest absolute Gasteiger partial charge is 0.495 e. The molecule has 0 radical (unpaired) electrons. The normalized spacial score (nSPS) is 18.7. The first-order valence-electron chi connectivity index (χ1n) is 10.5. The Balaban J connectivity index is 1.57. The van der Waals surface area contributed by atoms with E-state index in [1.165, 1.54) is 0 Å². The van der Waals surface area contributed by atoms with Crippen molar-refractivity contribution in [3.63, 3.8) is 0 Å². The molecule has 0 bridgehead atoms. The van der Waals surface area contributed by atoms with Gasteiger partial charge in [0.05, 0.1) is 18.7 Å². The maximum Gasteiger partial charge on any atom is 0.409 e. The summed E-state index contributed by atoms with van der Waals surface area (Å²) in [4.78, 5) is 29.0. The minimum absolute atomic E-state index is 0.00212. The SMILES string of the molecule is CCOC(=O)N1CCC(N2C(=O)c3ccccc3[C@@H]2Nc2ccc(OC)c(Cl)c2)CC1. The van der Waals surface area contributed by atoms with Gasteiger partial charge in [-0.15, -0.1) is 0 Å². The monoisotopic (exact) mass is 443 g/mol. The number of carbonyl (C=O) groups is 2. The molecule has 2 aliphatic heterocycles. The van der Waals surface area contributed by atoms with Crippen molar-refractivity contribution in [2.45, 2.75) is 32.0 Å². The zero-order valence-corrected chi connectivity index (χ0v) is 18.4. The molecule has 7 nitrogen and oxygen atoms in total. The zero-order chi connectivity index (χ0) is 22.0. The van der Waals surface area contributed by atoms with E-state index in [1.54, 1.807) is 31.1 Å². The number of hydrogen-bond acceptors (Lipinski definition) is 5. The quantitative estimate of drug-likeness (QED) is 0.734. The molecule has 0 aromatic heterocycles. The van der Waals surface area contributed by atoms with Gasteiger partial charge in [0.15, 0.2) is 0 Å². The highest BCUT2D eigenvalue weighted by Crippen LogP contribution is 2.39. The molecular weight excluding hydrogens is 418 g/mol. The summed E-state index contributed by atoms with van der Waals surface area (Å²) in [7, 11) is 1.57. The van der Waals surface area contributed by atoms with Crippen LogP contribution in [0, 0.1) is 0 Å². The fourth-order valence-electron chi connectivity index (χ4n) is 4.32. The van der Waals surface area contributed by atoms with Crippen molar-refractivity contribution in [2.24, 2.45) is 0 Å². The van der Waals surface area contributed by atoms with E-state index in [1.807, 2.05) is 35.2 Å². The third kappa shape index (κ3) is 4.14. The molecule has 1 atom stereocenters. The van der Waals surface area contributed by atoms with E-state index >= 15 is 0 Å². The summed E-state index contributed by atoms with van der Waals surface area (Å²) in [5.41, 5.74) is 2.44. The van der Waals surface area contributed by atoms with Crippen LogP contribution in [0.5, 0.6) is 5.75 Å². The van der Waals surface area contributed by atoms with Gasteiger partial charge >= 0.3 is 6.09 Å². The highest BCUT2D eigenvalue weighted by molar-refractivity contribution is 6.32. The number of amides is 2. The minimum Gasteiger partial charge on any atom is -0.495 e. The summed E-state index contributed by atoms with van der Waals surface area (Å²) in [5.74, 6) is 0.598. The van der Waals surface area contributed by atoms with Gasteiger partial charge in [-0.3, -0.25) is 4.79 Å². The molecule has 2 aromatic carbocycles. The number of carbonyl (C=O) groups excluding carboxylic acids is 2. The summed E-state index contributed by atoms with van der Waals surface area (Å²) in [6.07, 6.45) is 0.784. The number of hydrogen-bond donors (Lipinski definition) is 1. The van der Waals surface area contributed by atoms with Crippen molar-refractivity contribution in [1.29, 1.82) is 0 Å². The third-order valence-electron chi connectivity index (χ3n) is 5.84. The fraction of sp³-hybridized carbons (Fsp3) is 0.391. The van der Waals surface area contributed by atoms with Gasteiger partial charge in [-0.25, -0.2) is 4.79 Å². The van der Waals surface area contributed by atoms with Gasteiger partial charge in [0.2, 0.25) is 0 Å². The van der Waals surface area contributed by atoms with E-state index in [2.05, 4.69) is 5.32 Å². The Hall–Kier alpha value is -2.93. The molecule has 0 aliphatic carbocycles. The lowest BCUT2D eigenvalue weighted by Gasteiger charge is -2.39. The molecule has 1 fully saturated rings. The molecule has 164 valence electrons. The number of fused-ring (bicyclic) bond motifs is 1. The smallest absolute Gasteiger partial charge is 0.409 e. The molecule has 2 amide bonds. The number of rotatable bonds is 5. The summed E-state index contributed by atoms with van der Waals surface area (Å²) in [5, 5.41) is 3.98. The maximum atomic E-state index is 13.3. The molecule has 0 saturated carbocycles. The van der Waals surface area contributed by atoms with Crippen LogP contribution >= 0.6 is 11.6 Å². The number of benzene rings is 2. The van der Waals surface area contributed by atoms with Crippen molar-refractivity contribution in [3.8, 4) is 5.75 Å². The Morgan fingerprint density at radius 3 is 2.61 bits per heavy atom. The average Bonchev–Trinajstić information content (AvgIpc) is 3.06. The van der Waals surface area contributed by atoms with Crippen LogP contribution in [0.2, 0.25) is 5.02 Å². The predicted octanol–water partition coefficient (Wildman–Crippen LogP) is 4.54. The first-order chi connectivity index (χ1) is 15.0. The lowest BCUT2D eigenvalue weighted by Crippen LogP contribution is -2.49. The standard InChI is InChI=1S/C23H26ClN3O4/c1-3-31-23(29)26-12-10-16(11-13-26)27-21(17-6-4-5-7-18(17)22(27)28)25-15-8-9-20(30-2)19(24)14-15/h4-9,14,16,21,25H,3,10-13H2,1-2H3/t21-/m1/s1. The highest BCUT2D eigenvalue weighted by Gasteiger charge is 2.42. The summed E-state index contributed by atoms with van der Waals surface area (Å²) in [6, 6.07) is 13.2. The number of nitrogens with one attached hydrogen (secondary N) is 1. The van der Waals surface area contributed by atoms with Crippen LogP contribution in [-0.2, 0) is 4.74 Å². The van der Waals surface area contributed by atoms with Crippen LogP contribution in [0.3, 0.4) is 0 Å². The van der Waals surface area contributed by atoms with Crippen molar-refractivity contribution < 1.29 is 19.1 Å². The van der Waals surface area contributed by atoms with Crippen molar-refractivity contribution in [3.05, 3.63) is 58.6 Å². The molecule has 0 spiro atoms. The van der Waals surface area contributed by atoms with Gasteiger partial charge in [-0.05, 0) is 44.0 Å². The predicted molar refractivity (Wildman–Crippen MR) is 119 cm³/mol. The van der Waals surface area contributed by atoms with Crippen LogP contribution in [0.1, 0.15) is 41.9 Å². The number of likely N-dealkylation sites (tertiary alicyclic amines) is 1. The Morgan fingerprint density at radius 1 is 1.19 bits per heavy atom. The molecule has 8 heteroatoms. The molecule has 1 N–H and O–H groups in total. The summed E-state index contributed by atoms with van der Waals surface area (Å²) < 4.78 is 10.4. The number of ether oxygens (including phenoxy) is 2. The topological polar surface area (TPSA) is 71.1 Å². The second kappa shape index (κ2) is 9.06. The molecule has 4 rings (SSSR count). The molecule has 31 heavy (non-hydrogen) atoms. The van der Waals surface area contributed by atoms with Crippen LogP contribution in [0.4, 0.5) is 10.5 Å². The van der Waals surface area contributed by atoms with Crippen molar-refractivity contribution in [1.82, 2.24) is 9.80 Å². The van der Waals surface area contributed by atoms with Gasteiger partial charge in [-0.1, -0.05) is 29.8 Å². The minimum atomic E-state index is -0.313. The maximum absolute atomic E-state index is 13.3. The second-order valence-corrected chi connectivity index (χ2v) is 8.02. The van der Waals surface area contributed by atoms with E-state index in [9.17, 15) is 9.59 Å². The van der Waals surface area contributed by atoms with E-state index in [0.29, 0.717) is 48.9 Å². The van der Waals surface area contributed by atoms with E-state index in [4.69, 9.17) is 21.1 Å². The first-order valence-corrected chi connectivity index (χ1v) is 10.8. The van der Waals surface area contributed by atoms with Gasteiger partial charge in [0, 0.05) is 35.9 Å². The number of nitrogens with zero attached hydrogens (tertiary/aromatic N) is 2. The molecule has 2 aliphatic rings. The van der Waals surface area contributed by atoms with Crippen LogP contribution < -0.4 is 10.1 Å². The highest BCUT2D eigenvalue weighted by atomic mass is 35.5. The first kappa shape index (κ1) is 21.3. The Kier molecular flexibility index (Phi) is 6.23. The van der Waals surface area contributed by atoms with Gasteiger partial charge < -0.3 is 24.6 Å². The second-order valence-electron chi connectivity index (χ2n) is 7.61. The van der Waals surface area contributed by atoms with Crippen molar-refractivity contribution in [2.75, 3.05) is 32.1 Å². The number of halogens is 1. The van der Waals surface area contributed by atoms with Crippen LogP contribution in [-0.4, -0.2) is 54.6 Å². The van der Waals surface area contributed by atoms with E-state index < -0.39 is 0 Å². The van der Waals surface area contributed by atoms with Crippen LogP contribution in [0.15, 0.2) is 42.5 Å². The summed E-state index contributed by atoms with van der Waals surface area (Å²) in [6.45, 7) is 3.27. The van der Waals surface area contributed by atoms with Gasteiger partial charge in [0.1, 0.15) is 11.9 Å². The van der Waals surface area contributed by atoms with E-state index in [-0.39, 0.29) is 24.2 Å². The lowest BCUT2D eigenvalue weighted by molar-refractivity contribution is 0.0496. The molecular formula is C23H26ClN3O4.